The first-order valence-electron chi connectivity index (χ1n) is 9.07. The molecule has 1 atom stereocenters. The molecule has 0 saturated carbocycles. The number of thioether (sulfide) groups is 1. The van der Waals surface area contributed by atoms with Crippen molar-refractivity contribution in [3.05, 3.63) is 10.6 Å². The molecule has 11 nitrogen and oxygen atoms in total. The summed E-state index contributed by atoms with van der Waals surface area (Å²) in [6.45, 7) is 6.97. The first-order chi connectivity index (χ1) is 14.2. The van der Waals surface area contributed by atoms with Crippen LogP contribution < -0.4 is 11.1 Å². The maximum Gasteiger partial charge on any atom is 0.350 e. The second-order valence-corrected chi connectivity index (χ2v) is 8.32. The van der Waals surface area contributed by atoms with E-state index in [-0.39, 0.29) is 22.9 Å². The van der Waals surface area contributed by atoms with E-state index in [1.807, 2.05) is 0 Å². The molecule has 2 aromatic rings. The number of thiazole rings is 1. The Morgan fingerprint density at radius 2 is 2.00 bits per heavy atom. The summed E-state index contributed by atoms with van der Waals surface area (Å²) in [5.74, 6) is -1.29. The number of aryl methyl sites for hydroxylation is 1. The number of nitrogens with two attached hydrogens (primary N) is 1. The summed E-state index contributed by atoms with van der Waals surface area (Å²) in [5, 5.41) is 11.0. The minimum atomic E-state index is -0.740. The van der Waals surface area contributed by atoms with Crippen LogP contribution in [-0.4, -0.2) is 56.6 Å². The van der Waals surface area contributed by atoms with Gasteiger partial charge in [0.2, 0.25) is 11.9 Å². The number of hydrogen-bond acceptors (Lipinski definition) is 11. The van der Waals surface area contributed by atoms with Gasteiger partial charge in [0, 0.05) is 0 Å². The van der Waals surface area contributed by atoms with Crippen LogP contribution in [-0.2, 0) is 19.1 Å². The topological polar surface area (TPSA) is 151 Å². The Bertz CT molecular complexity index is 926. The van der Waals surface area contributed by atoms with Crippen LogP contribution >= 0.6 is 23.1 Å². The average Bonchev–Trinajstić information content (AvgIpc) is 3.22. The molecule has 0 aliphatic heterocycles. The number of methoxy groups -OCH3 is 1. The third-order valence-electron chi connectivity index (χ3n) is 3.79. The van der Waals surface area contributed by atoms with Crippen LogP contribution in [0.15, 0.2) is 5.16 Å². The summed E-state index contributed by atoms with van der Waals surface area (Å²) in [5.41, 5.74) is 6.37. The molecule has 0 aliphatic carbocycles. The van der Waals surface area contributed by atoms with E-state index in [0.717, 1.165) is 23.1 Å². The molecule has 0 aliphatic rings. The van der Waals surface area contributed by atoms with Gasteiger partial charge in [-0.25, -0.2) is 9.78 Å². The molecule has 0 spiro atoms. The van der Waals surface area contributed by atoms with Crippen molar-refractivity contribution in [3.63, 3.8) is 0 Å². The number of amides is 1. The van der Waals surface area contributed by atoms with Gasteiger partial charge in [-0.05, 0) is 27.2 Å². The lowest BCUT2D eigenvalue weighted by Gasteiger charge is -2.18. The maximum absolute atomic E-state index is 12.9. The maximum atomic E-state index is 12.9. The summed E-state index contributed by atoms with van der Waals surface area (Å²) < 4.78 is 11.3. The van der Waals surface area contributed by atoms with Crippen LogP contribution in [0.2, 0.25) is 0 Å². The summed E-state index contributed by atoms with van der Waals surface area (Å²) in [4.78, 5) is 41.0. The first kappa shape index (κ1) is 23.6. The van der Waals surface area contributed by atoms with E-state index >= 15 is 0 Å². The van der Waals surface area contributed by atoms with E-state index < -0.39 is 23.9 Å². The Kier molecular flexibility index (Phi) is 8.17. The van der Waals surface area contributed by atoms with Crippen LogP contribution in [0.3, 0.4) is 0 Å². The van der Waals surface area contributed by atoms with E-state index in [1.165, 1.54) is 11.7 Å². The zero-order valence-electron chi connectivity index (χ0n) is 17.3. The van der Waals surface area contributed by atoms with Gasteiger partial charge in [-0.1, -0.05) is 30.0 Å². The van der Waals surface area contributed by atoms with E-state index in [2.05, 4.69) is 25.2 Å². The Hall–Kier alpha value is -2.67. The number of ether oxygens (including phenoxy) is 2. The molecule has 1 amide bonds. The normalized spacial score (nSPS) is 11.9. The lowest BCUT2D eigenvalue weighted by atomic mass is 10.2. The second-order valence-electron chi connectivity index (χ2n) is 6.38. The highest BCUT2D eigenvalue weighted by Gasteiger charge is 2.27. The Morgan fingerprint density at radius 3 is 2.60 bits per heavy atom. The molecule has 30 heavy (non-hydrogen) atoms. The van der Waals surface area contributed by atoms with Crippen molar-refractivity contribution in [2.75, 3.05) is 23.9 Å². The zero-order chi connectivity index (χ0) is 22.4. The van der Waals surface area contributed by atoms with E-state index in [1.54, 1.807) is 27.7 Å². The molecule has 2 aromatic heterocycles. The number of anilines is 2. The minimum absolute atomic E-state index is 0.000313. The predicted octanol–water partition coefficient (Wildman–Crippen LogP) is 2.05. The summed E-state index contributed by atoms with van der Waals surface area (Å²) >= 11 is 2.10. The van der Waals surface area contributed by atoms with Gasteiger partial charge in [0.25, 0.3) is 0 Å². The Labute approximate surface area is 181 Å². The van der Waals surface area contributed by atoms with Crippen LogP contribution in [0.5, 0.6) is 0 Å². The second kappa shape index (κ2) is 10.4. The standard InChI is InChI=1S/C17H24N6O5S2/c1-6-10(23-15(18)21-22-17(23)29-7-11(24)27-5)13(25)20-16-19-9(4)12(30-16)14(26)28-8(2)3/h8,10H,6-7H2,1-5H3,(H2,18,21)(H,19,20,25). The van der Waals surface area contributed by atoms with Crippen molar-refractivity contribution in [2.45, 2.75) is 51.4 Å². The number of esters is 2. The Morgan fingerprint density at radius 1 is 1.30 bits per heavy atom. The number of hydrogen-bond donors (Lipinski definition) is 2. The minimum Gasteiger partial charge on any atom is -0.468 e. The molecule has 0 radical (unpaired) electrons. The van der Waals surface area contributed by atoms with Crippen molar-refractivity contribution in [1.82, 2.24) is 19.7 Å². The smallest absolute Gasteiger partial charge is 0.350 e. The molecular weight excluding hydrogens is 432 g/mol. The fraction of sp³-hybridized carbons (Fsp3) is 0.529. The largest absolute Gasteiger partial charge is 0.468 e. The average molecular weight is 457 g/mol. The quantitative estimate of drug-likeness (QED) is 0.423. The van der Waals surface area contributed by atoms with Gasteiger partial charge in [-0.15, -0.1) is 10.2 Å². The van der Waals surface area contributed by atoms with Gasteiger partial charge in [-0.2, -0.15) is 0 Å². The van der Waals surface area contributed by atoms with Crippen molar-refractivity contribution in [2.24, 2.45) is 0 Å². The van der Waals surface area contributed by atoms with Crippen LogP contribution in [0, 0.1) is 6.92 Å². The molecule has 0 saturated heterocycles. The van der Waals surface area contributed by atoms with Gasteiger partial charge in [0.15, 0.2) is 10.3 Å². The fourth-order valence-corrected chi connectivity index (χ4v) is 4.12. The van der Waals surface area contributed by atoms with Gasteiger partial charge in [0.05, 0.1) is 24.7 Å². The Balaban J connectivity index is 2.19. The lowest BCUT2D eigenvalue weighted by Crippen LogP contribution is -2.27. The van der Waals surface area contributed by atoms with Crippen molar-refractivity contribution in [3.8, 4) is 0 Å². The first-order valence-corrected chi connectivity index (χ1v) is 10.9. The molecule has 0 fully saturated rings. The van der Waals surface area contributed by atoms with Gasteiger partial charge >= 0.3 is 11.9 Å². The van der Waals surface area contributed by atoms with E-state index in [0.29, 0.717) is 22.1 Å². The molecule has 2 heterocycles. The van der Waals surface area contributed by atoms with Gasteiger partial charge in [0.1, 0.15) is 10.9 Å². The van der Waals surface area contributed by atoms with Crippen LogP contribution in [0.1, 0.15) is 48.6 Å². The van der Waals surface area contributed by atoms with Crippen molar-refractivity contribution in [1.29, 1.82) is 0 Å². The van der Waals surface area contributed by atoms with E-state index in [9.17, 15) is 14.4 Å². The predicted molar refractivity (Wildman–Crippen MR) is 113 cm³/mol. The monoisotopic (exact) mass is 456 g/mol. The van der Waals surface area contributed by atoms with Crippen LogP contribution in [0.25, 0.3) is 0 Å². The molecule has 3 N–H and O–H groups in total. The summed E-state index contributed by atoms with van der Waals surface area (Å²) in [7, 11) is 1.28. The lowest BCUT2D eigenvalue weighted by molar-refractivity contribution is -0.137. The number of rotatable bonds is 9. The molecule has 2 rings (SSSR count). The molecule has 164 valence electrons. The van der Waals surface area contributed by atoms with E-state index in [4.69, 9.17) is 10.5 Å². The van der Waals surface area contributed by atoms with Gasteiger partial charge < -0.3 is 20.5 Å². The highest BCUT2D eigenvalue weighted by Crippen LogP contribution is 2.28. The molecular formula is C17H24N6O5S2. The fourth-order valence-electron chi connectivity index (χ4n) is 2.44. The highest BCUT2D eigenvalue weighted by atomic mass is 32.2. The number of nitrogens with zero attached hydrogens (tertiary/aromatic N) is 4. The molecule has 0 bridgehead atoms. The van der Waals surface area contributed by atoms with Crippen LogP contribution in [0.4, 0.5) is 11.1 Å². The van der Waals surface area contributed by atoms with Crippen molar-refractivity contribution >= 4 is 52.0 Å². The third-order valence-corrected chi connectivity index (χ3v) is 5.76. The number of nitrogens with one attached hydrogen (secondary N) is 1. The molecule has 0 aromatic carbocycles. The molecule has 13 heteroatoms. The number of aromatic nitrogens is 4. The summed E-state index contributed by atoms with van der Waals surface area (Å²) in [6, 6.07) is -0.740. The SMILES string of the molecule is CCC(C(=O)Nc1nc(C)c(C(=O)OC(C)C)s1)n1c(N)nnc1SCC(=O)OC. The summed E-state index contributed by atoms with van der Waals surface area (Å²) in [6.07, 6.45) is 0.117. The number of carbonyl (C=O) groups excluding carboxylic acids is 3. The van der Waals surface area contributed by atoms with Gasteiger partial charge in [-0.3, -0.25) is 14.2 Å². The van der Waals surface area contributed by atoms with Crippen molar-refractivity contribution < 1.29 is 23.9 Å². The third kappa shape index (κ3) is 5.69. The highest BCUT2D eigenvalue weighted by molar-refractivity contribution is 7.99. The number of nitrogen functional groups attached to an aromatic ring is 1. The molecule has 1 unspecified atom stereocenters. The number of carbonyl (C=O) groups is 3. The zero-order valence-corrected chi connectivity index (χ0v) is 18.9.